The highest BCUT2D eigenvalue weighted by Crippen LogP contribution is 2.38. The highest BCUT2D eigenvalue weighted by molar-refractivity contribution is 5.89. The molecule has 0 bridgehead atoms. The van der Waals surface area contributed by atoms with E-state index in [-0.39, 0.29) is 47.6 Å². The molecule has 6 rings (SSSR count). The molecule has 14 heteroatoms. The summed E-state index contributed by atoms with van der Waals surface area (Å²) in [6.45, 7) is 17.3. The monoisotopic (exact) mass is 792 g/mol. The number of methoxy groups -OCH3 is 2. The number of allylic oxidation sites excluding steroid dienone is 1. The van der Waals surface area contributed by atoms with Crippen molar-refractivity contribution >= 4 is 51.6 Å². The van der Waals surface area contributed by atoms with Crippen LogP contribution in [0.1, 0.15) is 89.2 Å². The molecule has 2 aromatic heterocycles. The number of benzene rings is 2. The number of likely N-dealkylation sites (N-methyl/N-ethyl adjacent to an activating group) is 2. The molecule has 6 atom stereocenters. The lowest BCUT2D eigenvalue weighted by molar-refractivity contribution is -0.139. The van der Waals surface area contributed by atoms with Crippen LogP contribution in [0.25, 0.3) is 27.6 Å². The molecule has 2 aliphatic heterocycles. The Morgan fingerprint density at radius 2 is 1.21 bits per heavy atom. The summed E-state index contributed by atoms with van der Waals surface area (Å²) in [5.41, 5.74) is 5.40. The van der Waals surface area contributed by atoms with E-state index >= 15 is 0 Å². The maximum Gasteiger partial charge on any atom is 0.409 e. The number of H-pyrrole nitrogens is 2. The first-order chi connectivity index (χ1) is 27.5. The maximum absolute atomic E-state index is 14.0. The summed E-state index contributed by atoms with van der Waals surface area (Å²) in [4.78, 5) is 75.9. The van der Waals surface area contributed by atoms with Gasteiger partial charge in [-0.05, 0) is 72.4 Å². The summed E-state index contributed by atoms with van der Waals surface area (Å²) in [6, 6.07) is 9.76. The number of carbonyl (C=O) groups is 4. The van der Waals surface area contributed by atoms with Crippen LogP contribution in [0.3, 0.4) is 0 Å². The van der Waals surface area contributed by atoms with E-state index in [0.29, 0.717) is 30.3 Å². The summed E-state index contributed by atoms with van der Waals surface area (Å²) < 4.78 is 9.86. The molecule has 2 aromatic carbocycles. The normalized spacial score (nSPS) is 20.3. The molecule has 4 aromatic rings. The SMILES string of the molecule is C=C(C#Cc1ccc2nc([C@@H]3C[C@H](C)CN3C(=O)[C@H](C(C)C)N(C)C(=O)OC)[nH]c2c1)c1ccc2nc([C@@H]3C[C@H](C)CN3C(=O)[C@H](C(C)C)N(C)C(=O)OC)[nH]c2c1. The highest BCUT2D eigenvalue weighted by atomic mass is 16.5. The van der Waals surface area contributed by atoms with E-state index in [1.165, 1.54) is 24.0 Å². The molecular weight excluding hydrogens is 737 g/mol. The van der Waals surface area contributed by atoms with Crippen LogP contribution in [0.5, 0.6) is 0 Å². The van der Waals surface area contributed by atoms with Gasteiger partial charge in [0.25, 0.3) is 0 Å². The third-order valence-corrected chi connectivity index (χ3v) is 11.5. The Kier molecular flexibility index (Phi) is 12.2. The van der Waals surface area contributed by atoms with E-state index in [1.54, 1.807) is 14.1 Å². The maximum atomic E-state index is 14.0. The molecule has 2 saturated heterocycles. The van der Waals surface area contributed by atoms with Crippen LogP contribution in [0.2, 0.25) is 0 Å². The lowest BCUT2D eigenvalue weighted by Gasteiger charge is -2.34. The van der Waals surface area contributed by atoms with Gasteiger partial charge in [0.15, 0.2) is 0 Å². The Labute approximate surface area is 340 Å². The van der Waals surface area contributed by atoms with Crippen molar-refractivity contribution in [2.45, 2.75) is 78.6 Å². The smallest absolute Gasteiger partial charge is 0.409 e. The van der Waals surface area contributed by atoms with Gasteiger partial charge in [0.2, 0.25) is 11.8 Å². The number of amides is 4. The van der Waals surface area contributed by atoms with Crippen LogP contribution in [0.4, 0.5) is 9.59 Å². The lowest BCUT2D eigenvalue weighted by Crippen LogP contribution is -2.52. The number of ether oxygens (including phenoxy) is 2. The van der Waals surface area contributed by atoms with Crippen molar-refractivity contribution in [2.24, 2.45) is 23.7 Å². The zero-order valence-electron chi connectivity index (χ0n) is 35.3. The third kappa shape index (κ3) is 8.26. The predicted octanol–water partition coefficient (Wildman–Crippen LogP) is 6.77. The molecule has 0 unspecified atom stereocenters. The third-order valence-electron chi connectivity index (χ3n) is 11.5. The molecule has 0 radical (unpaired) electrons. The summed E-state index contributed by atoms with van der Waals surface area (Å²) in [6.07, 6.45) is 0.391. The highest BCUT2D eigenvalue weighted by Gasteiger charge is 2.43. The van der Waals surface area contributed by atoms with E-state index in [9.17, 15) is 19.2 Å². The summed E-state index contributed by atoms with van der Waals surface area (Å²) in [7, 11) is 5.83. The van der Waals surface area contributed by atoms with E-state index in [2.05, 4.69) is 42.2 Å². The van der Waals surface area contributed by atoms with Crippen LogP contribution in [0.15, 0.2) is 43.0 Å². The number of likely N-dealkylation sites (tertiary alicyclic amines) is 2. The van der Waals surface area contributed by atoms with Crippen LogP contribution in [0, 0.1) is 35.5 Å². The van der Waals surface area contributed by atoms with Crippen molar-refractivity contribution in [1.29, 1.82) is 0 Å². The average Bonchev–Trinajstić information content (AvgIpc) is 3.99. The number of imidazole rings is 2. The van der Waals surface area contributed by atoms with E-state index in [1.807, 2.05) is 73.9 Å². The Morgan fingerprint density at radius 1 is 0.759 bits per heavy atom. The largest absolute Gasteiger partial charge is 0.453 e. The first-order valence-electron chi connectivity index (χ1n) is 20.0. The number of hydrogen-bond donors (Lipinski definition) is 2. The van der Waals surface area contributed by atoms with E-state index in [4.69, 9.17) is 19.4 Å². The van der Waals surface area contributed by atoms with Gasteiger partial charge in [-0.15, -0.1) is 0 Å². The summed E-state index contributed by atoms with van der Waals surface area (Å²) in [5, 5.41) is 0. The van der Waals surface area contributed by atoms with Crippen molar-refractivity contribution in [3.63, 3.8) is 0 Å². The quantitative estimate of drug-likeness (QED) is 0.176. The second-order valence-corrected chi connectivity index (χ2v) is 16.7. The molecule has 0 aliphatic carbocycles. The van der Waals surface area contributed by atoms with Crippen LogP contribution in [-0.2, 0) is 19.1 Å². The van der Waals surface area contributed by atoms with Gasteiger partial charge in [-0.1, -0.05) is 66.0 Å². The van der Waals surface area contributed by atoms with Crippen molar-refractivity contribution in [2.75, 3.05) is 41.4 Å². The number of fused-ring (bicyclic) bond motifs is 2. The minimum absolute atomic E-state index is 0.116. The van der Waals surface area contributed by atoms with Crippen molar-refractivity contribution in [3.8, 4) is 11.8 Å². The van der Waals surface area contributed by atoms with Crippen LogP contribution < -0.4 is 0 Å². The molecule has 58 heavy (non-hydrogen) atoms. The molecule has 308 valence electrons. The first-order valence-corrected chi connectivity index (χ1v) is 20.0. The Morgan fingerprint density at radius 3 is 1.66 bits per heavy atom. The van der Waals surface area contributed by atoms with Crippen molar-refractivity contribution < 1.29 is 28.7 Å². The molecule has 4 heterocycles. The Bertz CT molecular complexity index is 2280. The Hall–Kier alpha value is -5.84. The van der Waals surface area contributed by atoms with Gasteiger partial charge in [0.1, 0.15) is 23.7 Å². The first kappa shape index (κ1) is 41.8. The summed E-state index contributed by atoms with van der Waals surface area (Å²) >= 11 is 0. The number of nitrogens with one attached hydrogen (secondary N) is 2. The van der Waals surface area contributed by atoms with E-state index in [0.717, 1.165) is 46.0 Å². The molecule has 2 N–H and O–H groups in total. The summed E-state index contributed by atoms with van der Waals surface area (Å²) in [5.74, 6) is 7.89. The molecule has 2 aliphatic rings. The van der Waals surface area contributed by atoms with Crippen molar-refractivity contribution in [1.82, 2.24) is 39.5 Å². The fraction of sp³-hybridized carbons (Fsp3) is 0.500. The number of carbonyl (C=O) groups excluding carboxylic acids is 4. The van der Waals surface area contributed by atoms with Gasteiger partial charge in [-0.25, -0.2) is 19.6 Å². The molecule has 14 nitrogen and oxygen atoms in total. The van der Waals surface area contributed by atoms with Gasteiger partial charge in [0.05, 0.1) is 48.4 Å². The number of rotatable bonds is 9. The van der Waals surface area contributed by atoms with Gasteiger partial charge in [0, 0.05) is 38.3 Å². The molecule has 2 fully saturated rings. The van der Waals surface area contributed by atoms with Crippen molar-refractivity contribution in [3.05, 3.63) is 65.8 Å². The number of hydrogen-bond acceptors (Lipinski definition) is 8. The topological polar surface area (TPSA) is 157 Å². The Balaban J connectivity index is 1.19. The number of aromatic nitrogens is 4. The zero-order valence-corrected chi connectivity index (χ0v) is 35.3. The van der Waals surface area contributed by atoms with Gasteiger partial charge in [-0.2, -0.15) is 0 Å². The second-order valence-electron chi connectivity index (χ2n) is 16.7. The van der Waals surface area contributed by atoms with Gasteiger partial charge < -0.3 is 29.2 Å². The molecule has 4 amide bonds. The molecule has 0 spiro atoms. The van der Waals surface area contributed by atoms with E-state index < -0.39 is 24.3 Å². The number of aromatic amines is 2. The zero-order chi connectivity index (χ0) is 42.2. The fourth-order valence-electron chi connectivity index (χ4n) is 8.61. The van der Waals surface area contributed by atoms with Gasteiger partial charge in [-0.3, -0.25) is 19.4 Å². The predicted molar refractivity (Wildman–Crippen MR) is 222 cm³/mol. The second kappa shape index (κ2) is 16.9. The molecular formula is C44H56N8O6. The minimum atomic E-state index is -0.670. The number of nitrogens with zero attached hydrogens (tertiary/aromatic N) is 6. The molecule has 0 saturated carbocycles. The minimum Gasteiger partial charge on any atom is -0.453 e. The van der Waals surface area contributed by atoms with Crippen LogP contribution >= 0.6 is 0 Å². The fourth-order valence-corrected chi connectivity index (χ4v) is 8.61. The average molecular weight is 793 g/mol. The van der Waals surface area contributed by atoms with Gasteiger partial charge >= 0.3 is 12.2 Å². The standard InChI is InChI=1S/C44H56N8O6/c1-24(2)37(49(8)43(55)57-10)41(53)51-22-26(5)18-35(51)39-45-31-16-14-29(20-33(31)47-39)13-12-28(7)30-15-17-32-34(21-30)48-40(46-32)36-19-27(6)23-52(36)42(54)38(25(3)4)50(9)44(56)58-11/h14-17,20-21,24-27,35-38H,7,18-19,22-23H2,1-6,8-11H3,(H,45,47)(H,46,48)/t26-,27-,35-,36-,37-,38-/m0/s1. The van der Waals surface area contributed by atoms with Crippen LogP contribution in [-0.4, -0.2) is 117 Å². The lowest BCUT2D eigenvalue weighted by atomic mass is 10.0.